The first-order valence-corrected chi connectivity index (χ1v) is 15.3. The van der Waals surface area contributed by atoms with Gasteiger partial charge < -0.3 is 33.2 Å². The van der Waals surface area contributed by atoms with Gasteiger partial charge in [-0.05, 0) is 54.9 Å². The molecule has 7 nitrogen and oxygen atoms in total. The van der Waals surface area contributed by atoms with Gasteiger partial charge in [0.2, 0.25) is 0 Å². The van der Waals surface area contributed by atoms with Gasteiger partial charge in [-0.25, -0.2) is 0 Å². The summed E-state index contributed by atoms with van der Waals surface area (Å²) in [6.07, 6.45) is 0. The summed E-state index contributed by atoms with van der Waals surface area (Å²) in [7, 11) is 1.15. The first-order chi connectivity index (χ1) is 17.4. The summed E-state index contributed by atoms with van der Waals surface area (Å²) in [5, 5.41) is 12.4. The van der Waals surface area contributed by atoms with Gasteiger partial charge in [0.1, 0.15) is 23.9 Å². The Labute approximate surface area is 222 Å². The number of hydrogen-bond acceptors (Lipinski definition) is 7. The minimum Gasteiger partial charge on any atom is -0.492 e. The first-order valence-electron chi connectivity index (χ1n) is 12.4. The van der Waals surface area contributed by atoms with Crippen LogP contribution in [0.25, 0.3) is 0 Å². The van der Waals surface area contributed by atoms with Crippen LogP contribution < -0.4 is 14.2 Å². The summed E-state index contributed by atoms with van der Waals surface area (Å²) in [6, 6.07) is 12.9. The van der Waals surface area contributed by atoms with E-state index in [0.717, 1.165) is 5.56 Å². The van der Waals surface area contributed by atoms with Crippen molar-refractivity contribution >= 4 is 8.32 Å². The Morgan fingerprint density at radius 1 is 0.973 bits per heavy atom. The van der Waals surface area contributed by atoms with Gasteiger partial charge in [0.05, 0.1) is 12.0 Å². The molecule has 1 heterocycles. The standard InChI is InChI=1S/C29H40O7Si/c1-27(2,3)37(7,8)36-17-9-16-29(30)25-15-14-24(35-21-32-6)18-26(25)33-19-28(29,4)22-10-12-23(13-11-22)34-20-31-5/h10-15,18,30H,17,19-21H2,1-8H3. The van der Waals surface area contributed by atoms with Crippen molar-refractivity contribution in [3.05, 3.63) is 53.6 Å². The van der Waals surface area contributed by atoms with Gasteiger partial charge >= 0.3 is 0 Å². The maximum Gasteiger partial charge on any atom is 0.193 e. The van der Waals surface area contributed by atoms with Crippen molar-refractivity contribution < 1.29 is 33.2 Å². The van der Waals surface area contributed by atoms with E-state index in [-0.39, 0.29) is 31.8 Å². The van der Waals surface area contributed by atoms with E-state index in [1.165, 1.54) is 0 Å². The van der Waals surface area contributed by atoms with Gasteiger partial charge in [-0.2, -0.15) is 0 Å². The van der Waals surface area contributed by atoms with Crippen LogP contribution in [0.2, 0.25) is 18.1 Å². The Morgan fingerprint density at radius 2 is 1.57 bits per heavy atom. The molecule has 0 aliphatic carbocycles. The quantitative estimate of drug-likeness (QED) is 0.272. The second-order valence-electron chi connectivity index (χ2n) is 11.0. The number of methoxy groups -OCH3 is 2. The monoisotopic (exact) mass is 528 g/mol. The molecule has 3 rings (SSSR count). The number of ether oxygens (including phenoxy) is 5. The van der Waals surface area contributed by atoms with Crippen molar-refractivity contribution in [3.8, 4) is 29.1 Å². The van der Waals surface area contributed by atoms with E-state index in [1.54, 1.807) is 32.4 Å². The van der Waals surface area contributed by atoms with Crippen LogP contribution in [0.5, 0.6) is 17.2 Å². The molecule has 2 aromatic carbocycles. The fraction of sp³-hybridized carbons (Fsp3) is 0.517. The molecule has 0 saturated carbocycles. The molecular formula is C29H40O7Si. The van der Waals surface area contributed by atoms with Gasteiger partial charge in [-0.15, -0.1) is 0 Å². The lowest BCUT2D eigenvalue weighted by Gasteiger charge is -2.46. The van der Waals surface area contributed by atoms with Gasteiger partial charge in [0.15, 0.2) is 27.5 Å². The molecule has 37 heavy (non-hydrogen) atoms. The Bertz CT molecular complexity index is 1110. The third kappa shape index (κ3) is 6.14. The summed E-state index contributed by atoms with van der Waals surface area (Å²) >= 11 is 0. The maximum absolute atomic E-state index is 12.3. The van der Waals surface area contributed by atoms with E-state index in [0.29, 0.717) is 22.8 Å². The molecule has 2 aromatic rings. The first kappa shape index (κ1) is 29.0. The zero-order valence-electron chi connectivity index (χ0n) is 23.3. The third-order valence-corrected chi connectivity index (χ3v) is 11.9. The summed E-state index contributed by atoms with van der Waals surface area (Å²) in [4.78, 5) is 0. The highest BCUT2D eigenvalue weighted by Gasteiger charge is 2.53. The van der Waals surface area contributed by atoms with Crippen molar-refractivity contribution in [3.63, 3.8) is 0 Å². The highest BCUT2D eigenvalue weighted by Crippen LogP contribution is 2.50. The molecule has 202 valence electrons. The van der Waals surface area contributed by atoms with Crippen molar-refractivity contribution in [2.24, 2.45) is 0 Å². The highest BCUT2D eigenvalue weighted by molar-refractivity contribution is 6.74. The van der Waals surface area contributed by atoms with Crippen LogP contribution in [-0.2, 0) is 24.9 Å². The van der Waals surface area contributed by atoms with Crippen molar-refractivity contribution in [1.29, 1.82) is 0 Å². The number of benzene rings is 2. The van der Waals surface area contributed by atoms with Crippen LogP contribution in [0, 0.1) is 11.8 Å². The topological polar surface area (TPSA) is 75.6 Å². The molecule has 0 fully saturated rings. The third-order valence-electron chi connectivity index (χ3n) is 7.42. The van der Waals surface area contributed by atoms with Crippen LogP contribution in [0.1, 0.15) is 38.8 Å². The van der Waals surface area contributed by atoms with Crippen LogP contribution >= 0.6 is 0 Å². The van der Waals surface area contributed by atoms with Gasteiger partial charge in [-0.3, -0.25) is 0 Å². The Balaban J connectivity index is 2.01. The van der Waals surface area contributed by atoms with Crippen molar-refractivity contribution in [2.75, 3.05) is 41.0 Å². The fourth-order valence-corrected chi connectivity index (χ4v) is 4.77. The minimum atomic E-state index is -1.99. The van der Waals surface area contributed by atoms with E-state index >= 15 is 0 Å². The molecule has 8 heteroatoms. The second-order valence-corrected chi connectivity index (χ2v) is 15.8. The van der Waals surface area contributed by atoms with E-state index in [1.807, 2.05) is 31.2 Å². The molecule has 1 aliphatic heterocycles. The van der Waals surface area contributed by atoms with E-state index in [9.17, 15) is 5.11 Å². The molecule has 0 saturated heterocycles. The van der Waals surface area contributed by atoms with Crippen LogP contribution in [0.15, 0.2) is 42.5 Å². The minimum absolute atomic E-state index is 0.0661. The van der Waals surface area contributed by atoms with E-state index < -0.39 is 19.3 Å². The zero-order valence-corrected chi connectivity index (χ0v) is 24.3. The molecule has 0 spiro atoms. The fourth-order valence-electron chi connectivity index (χ4n) is 3.90. The van der Waals surface area contributed by atoms with Crippen LogP contribution in [0.4, 0.5) is 0 Å². The predicted octanol–water partition coefficient (Wildman–Crippen LogP) is 5.22. The molecule has 2 unspecified atom stereocenters. The maximum atomic E-state index is 12.3. The highest BCUT2D eigenvalue weighted by atomic mass is 28.4. The lowest BCUT2D eigenvalue weighted by molar-refractivity contribution is -0.0274. The molecule has 0 radical (unpaired) electrons. The molecule has 0 amide bonds. The Morgan fingerprint density at radius 3 is 2.16 bits per heavy atom. The SMILES string of the molecule is COCOc1ccc(C2(C)COc3cc(OCOC)ccc3C2(O)C#CCO[Si](C)(C)C(C)(C)C)cc1. The van der Waals surface area contributed by atoms with Crippen LogP contribution in [-0.4, -0.2) is 54.4 Å². The lowest BCUT2D eigenvalue weighted by atomic mass is 9.65. The number of rotatable bonds is 9. The normalized spacial score (nSPS) is 21.3. The molecule has 1 aliphatic rings. The summed E-state index contributed by atoms with van der Waals surface area (Å²) in [5.41, 5.74) is -0.986. The van der Waals surface area contributed by atoms with Crippen molar-refractivity contribution in [2.45, 2.75) is 56.8 Å². The largest absolute Gasteiger partial charge is 0.492 e. The average Bonchev–Trinajstić information content (AvgIpc) is 2.86. The Hall–Kier alpha value is -2.54. The van der Waals surface area contributed by atoms with Gasteiger partial charge in [-0.1, -0.05) is 44.7 Å². The van der Waals surface area contributed by atoms with Crippen molar-refractivity contribution in [1.82, 2.24) is 0 Å². The zero-order chi connectivity index (χ0) is 27.3. The average molecular weight is 529 g/mol. The second kappa shape index (κ2) is 11.5. The Kier molecular flexibility index (Phi) is 8.99. The van der Waals surface area contributed by atoms with E-state index in [2.05, 4.69) is 45.7 Å². The molecule has 0 bridgehead atoms. The van der Waals surface area contributed by atoms with Gasteiger partial charge in [0.25, 0.3) is 0 Å². The smallest absolute Gasteiger partial charge is 0.193 e. The predicted molar refractivity (Wildman–Crippen MR) is 146 cm³/mol. The number of aliphatic hydroxyl groups is 1. The van der Waals surface area contributed by atoms with Gasteiger partial charge in [0, 0.05) is 25.8 Å². The summed E-state index contributed by atoms with van der Waals surface area (Å²) in [5.74, 6) is 8.10. The summed E-state index contributed by atoms with van der Waals surface area (Å²) < 4.78 is 33.6. The van der Waals surface area contributed by atoms with Crippen LogP contribution in [0.3, 0.4) is 0 Å². The van der Waals surface area contributed by atoms with E-state index in [4.69, 9.17) is 28.1 Å². The molecule has 0 aromatic heterocycles. The molecule has 2 atom stereocenters. The molecular weight excluding hydrogens is 488 g/mol. The number of fused-ring (bicyclic) bond motifs is 1. The lowest BCUT2D eigenvalue weighted by Crippen LogP contribution is -2.53. The molecule has 1 N–H and O–H groups in total. The summed E-state index contributed by atoms with van der Waals surface area (Å²) in [6.45, 7) is 13.6. The number of hydrogen-bond donors (Lipinski definition) is 1.